The minimum atomic E-state index is -0.879. The molecule has 0 aromatic heterocycles. The number of carboxylic acid groups (broad SMARTS) is 1. The second-order valence-corrected chi connectivity index (χ2v) is 1.67. The van der Waals surface area contributed by atoms with Gasteiger partial charge in [-0.15, -0.1) is 0 Å². The van der Waals surface area contributed by atoms with Crippen LogP contribution in [0.15, 0.2) is 30.3 Å². The fourth-order valence-electron chi connectivity index (χ4n) is 0.581. The summed E-state index contributed by atoms with van der Waals surface area (Å²) in [6.45, 7) is 0. The van der Waals surface area contributed by atoms with E-state index in [2.05, 4.69) is 0 Å². The van der Waals surface area contributed by atoms with Crippen LogP contribution in [0.1, 0.15) is 10.4 Å². The van der Waals surface area contributed by atoms with E-state index >= 15 is 0 Å². The summed E-state index contributed by atoms with van der Waals surface area (Å²) in [5, 5.41) is 8.38. The summed E-state index contributed by atoms with van der Waals surface area (Å²) >= 11 is 0. The van der Waals surface area contributed by atoms with E-state index in [1.54, 1.807) is 30.3 Å². The van der Waals surface area contributed by atoms with Crippen LogP contribution in [0.4, 0.5) is 0 Å². The van der Waals surface area contributed by atoms with Crippen molar-refractivity contribution in [1.29, 1.82) is 0 Å². The van der Waals surface area contributed by atoms with Crippen molar-refractivity contribution in [2.75, 3.05) is 0 Å². The van der Waals surface area contributed by atoms with Crippen molar-refractivity contribution in [3.63, 3.8) is 0 Å². The Morgan fingerprint density at radius 2 is 1.64 bits per heavy atom. The van der Waals surface area contributed by atoms with Crippen LogP contribution in [0.25, 0.3) is 0 Å². The SMILES string of the molecule is O=C(O)c1ccccc1.[Ag].[NaH]. The fourth-order valence-corrected chi connectivity index (χ4v) is 0.581. The first-order valence-corrected chi connectivity index (χ1v) is 2.59. The Morgan fingerprint density at radius 1 is 1.18 bits per heavy atom. The van der Waals surface area contributed by atoms with Gasteiger partial charge in [-0.3, -0.25) is 0 Å². The summed E-state index contributed by atoms with van der Waals surface area (Å²) < 4.78 is 0. The quantitative estimate of drug-likeness (QED) is 0.750. The zero-order valence-corrected chi connectivity index (χ0v) is 6.53. The van der Waals surface area contributed by atoms with Gasteiger partial charge in [0.25, 0.3) is 0 Å². The van der Waals surface area contributed by atoms with Gasteiger partial charge in [-0.25, -0.2) is 4.79 Å². The van der Waals surface area contributed by atoms with E-state index in [0.29, 0.717) is 5.56 Å². The molecule has 0 saturated heterocycles. The molecule has 1 radical (unpaired) electrons. The molecule has 11 heavy (non-hydrogen) atoms. The van der Waals surface area contributed by atoms with Crippen LogP contribution in [0.3, 0.4) is 0 Å². The summed E-state index contributed by atoms with van der Waals surface area (Å²) in [6, 6.07) is 8.30. The maximum atomic E-state index is 10.2. The van der Waals surface area contributed by atoms with Gasteiger partial charge < -0.3 is 5.11 Å². The normalized spacial score (nSPS) is 7.27. The van der Waals surface area contributed by atoms with Gasteiger partial charge in [-0.2, -0.15) is 0 Å². The summed E-state index contributed by atoms with van der Waals surface area (Å²) in [7, 11) is 0. The van der Waals surface area contributed by atoms with Crippen LogP contribution in [0.2, 0.25) is 0 Å². The van der Waals surface area contributed by atoms with Crippen molar-refractivity contribution in [3.8, 4) is 0 Å². The van der Waals surface area contributed by atoms with Crippen molar-refractivity contribution in [3.05, 3.63) is 35.9 Å². The van der Waals surface area contributed by atoms with E-state index in [4.69, 9.17) is 5.11 Å². The number of hydrogen-bond donors (Lipinski definition) is 1. The molecule has 0 bridgehead atoms. The van der Waals surface area contributed by atoms with Crippen molar-refractivity contribution in [2.24, 2.45) is 0 Å². The standard InChI is InChI=1S/C7H6O2.Ag.Na.H/c8-7(9)6-4-2-1-3-5-6;;;/h1-5H,(H,8,9);;;. The van der Waals surface area contributed by atoms with Crippen LogP contribution >= 0.6 is 0 Å². The Morgan fingerprint density at radius 3 is 1.91 bits per heavy atom. The van der Waals surface area contributed by atoms with E-state index in [0.717, 1.165) is 0 Å². The Kier molecular flexibility index (Phi) is 9.02. The second kappa shape index (κ2) is 7.10. The predicted molar refractivity (Wildman–Crippen MR) is 40.6 cm³/mol. The molecular formula is C7H7AgNaO2. The summed E-state index contributed by atoms with van der Waals surface area (Å²) in [4.78, 5) is 10.2. The zero-order chi connectivity index (χ0) is 6.69. The summed E-state index contributed by atoms with van der Waals surface area (Å²) in [5.41, 5.74) is 0.331. The van der Waals surface area contributed by atoms with Gasteiger partial charge in [0.15, 0.2) is 0 Å². The molecule has 0 fully saturated rings. The van der Waals surface area contributed by atoms with Crippen LogP contribution in [0, 0.1) is 0 Å². The number of carbonyl (C=O) groups is 1. The molecule has 1 N–H and O–H groups in total. The third-order valence-corrected chi connectivity index (χ3v) is 1.02. The molecule has 59 valence electrons. The Balaban J connectivity index is 0. The number of carboxylic acids is 1. The number of benzene rings is 1. The summed E-state index contributed by atoms with van der Waals surface area (Å²) in [5.74, 6) is -0.879. The van der Waals surface area contributed by atoms with E-state index in [9.17, 15) is 4.79 Å². The number of rotatable bonds is 1. The predicted octanol–water partition coefficient (Wildman–Crippen LogP) is 0.734. The average molecular weight is 254 g/mol. The Bertz CT molecular complexity index is 213. The van der Waals surface area contributed by atoms with E-state index < -0.39 is 5.97 Å². The molecule has 0 aliphatic rings. The Labute approximate surface area is 103 Å². The first-order valence-electron chi connectivity index (χ1n) is 2.59. The molecule has 0 unspecified atom stereocenters. The van der Waals surface area contributed by atoms with Crippen molar-refractivity contribution in [2.45, 2.75) is 0 Å². The van der Waals surface area contributed by atoms with Gasteiger partial charge in [0.2, 0.25) is 0 Å². The molecule has 0 heterocycles. The first-order chi connectivity index (χ1) is 4.30. The third-order valence-electron chi connectivity index (χ3n) is 1.02. The molecule has 0 spiro atoms. The molecule has 2 nitrogen and oxygen atoms in total. The monoisotopic (exact) mass is 253 g/mol. The molecule has 0 aliphatic carbocycles. The summed E-state index contributed by atoms with van der Waals surface area (Å²) in [6.07, 6.45) is 0. The average Bonchev–Trinajstić information content (AvgIpc) is 1.90. The topological polar surface area (TPSA) is 37.3 Å². The fraction of sp³-hybridized carbons (Fsp3) is 0. The Hall–Kier alpha value is 0.430. The van der Waals surface area contributed by atoms with Crippen LogP contribution in [-0.2, 0) is 22.4 Å². The second-order valence-electron chi connectivity index (χ2n) is 1.67. The van der Waals surface area contributed by atoms with Gasteiger partial charge in [-0.05, 0) is 12.1 Å². The molecule has 4 heteroatoms. The molecule has 1 rings (SSSR count). The third kappa shape index (κ3) is 4.80. The van der Waals surface area contributed by atoms with Crippen molar-refractivity contribution in [1.82, 2.24) is 0 Å². The van der Waals surface area contributed by atoms with Crippen LogP contribution < -0.4 is 0 Å². The molecular weight excluding hydrogens is 247 g/mol. The minimum absolute atomic E-state index is 0. The van der Waals surface area contributed by atoms with Crippen LogP contribution in [0.5, 0.6) is 0 Å². The van der Waals surface area contributed by atoms with E-state index in [1.165, 1.54) is 0 Å². The zero-order valence-electron chi connectivity index (χ0n) is 5.04. The molecule has 1 aromatic carbocycles. The molecule has 0 saturated carbocycles. The van der Waals surface area contributed by atoms with Crippen LogP contribution in [-0.4, -0.2) is 40.6 Å². The number of aromatic carboxylic acids is 1. The number of hydrogen-bond acceptors (Lipinski definition) is 1. The molecule has 0 amide bonds. The maximum absolute atomic E-state index is 10.2. The molecule has 0 atom stereocenters. The van der Waals surface area contributed by atoms with Crippen molar-refractivity contribution >= 4 is 35.5 Å². The van der Waals surface area contributed by atoms with Gasteiger partial charge in [0.05, 0.1) is 5.56 Å². The van der Waals surface area contributed by atoms with E-state index in [1.807, 2.05) is 0 Å². The molecule has 0 aliphatic heterocycles. The van der Waals surface area contributed by atoms with Crippen molar-refractivity contribution < 1.29 is 32.3 Å². The van der Waals surface area contributed by atoms with Gasteiger partial charge in [0.1, 0.15) is 0 Å². The van der Waals surface area contributed by atoms with Gasteiger partial charge in [-0.1, -0.05) is 18.2 Å². The van der Waals surface area contributed by atoms with Gasteiger partial charge in [0, 0.05) is 22.4 Å². The van der Waals surface area contributed by atoms with Gasteiger partial charge >= 0.3 is 35.5 Å². The molecule has 1 aromatic rings. The van der Waals surface area contributed by atoms with E-state index in [-0.39, 0.29) is 51.9 Å². The first kappa shape index (κ1) is 14.0.